The second-order valence-corrected chi connectivity index (χ2v) is 3.83. The fourth-order valence-electron chi connectivity index (χ4n) is 1.40. The van der Waals surface area contributed by atoms with Crippen LogP contribution in [0.4, 0.5) is 0 Å². The summed E-state index contributed by atoms with van der Waals surface area (Å²) >= 11 is 0. The van der Waals surface area contributed by atoms with Crippen LogP contribution in [-0.2, 0) is 4.74 Å². The van der Waals surface area contributed by atoms with Crippen LogP contribution in [0, 0.1) is 0 Å². The molecule has 7 nitrogen and oxygen atoms in total. The molecule has 0 spiro atoms. The molecule has 96 valence electrons. The number of rotatable bonds is 5. The highest BCUT2D eigenvalue weighted by Gasteiger charge is 2.08. The summed E-state index contributed by atoms with van der Waals surface area (Å²) in [6, 6.07) is 0.105. The van der Waals surface area contributed by atoms with Gasteiger partial charge in [0.2, 0.25) is 5.96 Å². The molecule has 0 aromatic carbocycles. The van der Waals surface area contributed by atoms with E-state index < -0.39 is 0 Å². The van der Waals surface area contributed by atoms with Gasteiger partial charge in [-0.1, -0.05) is 0 Å². The van der Waals surface area contributed by atoms with Crippen molar-refractivity contribution >= 4 is 5.96 Å². The number of nitrogens with one attached hydrogen (secondary N) is 3. The minimum Gasteiger partial charge on any atom is -0.383 e. The predicted molar refractivity (Wildman–Crippen MR) is 66.2 cm³/mol. The van der Waals surface area contributed by atoms with E-state index in [1.165, 1.54) is 0 Å². The number of aromatic nitrogens is 2. The van der Waals surface area contributed by atoms with Gasteiger partial charge in [0, 0.05) is 24.9 Å². The summed E-state index contributed by atoms with van der Waals surface area (Å²) in [5.41, 5.74) is 3.54. The lowest BCUT2D eigenvalue weighted by molar-refractivity contribution is 0.179. The molecule has 1 aromatic heterocycles. The highest BCUT2D eigenvalue weighted by Crippen LogP contribution is 2.13. The van der Waals surface area contributed by atoms with E-state index in [0.29, 0.717) is 12.6 Å². The van der Waals surface area contributed by atoms with Gasteiger partial charge in [-0.05, 0) is 13.8 Å². The van der Waals surface area contributed by atoms with Crippen molar-refractivity contribution in [2.75, 3.05) is 13.7 Å². The van der Waals surface area contributed by atoms with Crippen LogP contribution in [0.2, 0.25) is 0 Å². The molecule has 17 heavy (non-hydrogen) atoms. The van der Waals surface area contributed by atoms with E-state index in [4.69, 9.17) is 10.6 Å². The van der Waals surface area contributed by atoms with Crippen LogP contribution in [0.1, 0.15) is 25.5 Å². The van der Waals surface area contributed by atoms with Gasteiger partial charge in [-0.25, -0.2) is 10.8 Å². The van der Waals surface area contributed by atoms with Crippen molar-refractivity contribution in [3.8, 4) is 0 Å². The average molecular weight is 240 g/mol. The minimum absolute atomic E-state index is 0.0259. The fourth-order valence-corrected chi connectivity index (χ4v) is 1.40. The monoisotopic (exact) mass is 240 g/mol. The maximum Gasteiger partial charge on any atom is 0.206 e. The van der Waals surface area contributed by atoms with Crippen molar-refractivity contribution in [3.05, 3.63) is 18.0 Å². The lowest BCUT2D eigenvalue weighted by Gasteiger charge is -2.16. The Hall–Kier alpha value is -1.60. The van der Waals surface area contributed by atoms with E-state index in [1.807, 2.05) is 13.8 Å². The second-order valence-electron chi connectivity index (χ2n) is 3.83. The first kappa shape index (κ1) is 13.5. The van der Waals surface area contributed by atoms with Crippen LogP contribution in [0.5, 0.6) is 0 Å². The third-order valence-electron chi connectivity index (χ3n) is 2.26. The van der Waals surface area contributed by atoms with Gasteiger partial charge in [0.1, 0.15) is 0 Å². The Morgan fingerprint density at radius 1 is 1.65 bits per heavy atom. The quantitative estimate of drug-likeness (QED) is 0.249. The number of aliphatic imine (C=N–C) groups is 1. The standard InChI is InChI=1S/C10H20N6O/c1-7(6-17-3)14-10(16-11)15-8(2)9-4-12-13-5-9/h4-5,7-8H,6,11H2,1-3H3,(H,12,13)(H2,14,15,16). The summed E-state index contributed by atoms with van der Waals surface area (Å²) in [6.45, 7) is 4.53. The van der Waals surface area contributed by atoms with E-state index in [0.717, 1.165) is 5.56 Å². The molecule has 0 fully saturated rings. The number of aromatic amines is 1. The lowest BCUT2D eigenvalue weighted by Crippen LogP contribution is -2.47. The Morgan fingerprint density at radius 3 is 2.94 bits per heavy atom. The van der Waals surface area contributed by atoms with Crippen LogP contribution in [-0.4, -0.2) is 35.9 Å². The van der Waals surface area contributed by atoms with E-state index in [-0.39, 0.29) is 12.1 Å². The van der Waals surface area contributed by atoms with Crippen molar-refractivity contribution in [1.82, 2.24) is 20.9 Å². The molecule has 0 aliphatic heterocycles. The van der Waals surface area contributed by atoms with Gasteiger partial charge in [0.05, 0.1) is 18.8 Å². The zero-order chi connectivity index (χ0) is 12.7. The molecule has 0 saturated heterocycles. The Balaban J connectivity index is 2.60. The molecular weight excluding hydrogens is 220 g/mol. The maximum atomic E-state index is 5.41. The Morgan fingerprint density at radius 2 is 2.41 bits per heavy atom. The number of hydrogen-bond acceptors (Lipinski definition) is 4. The Labute approximate surface area is 101 Å². The molecule has 0 aliphatic rings. The summed E-state index contributed by atoms with van der Waals surface area (Å²) < 4.78 is 5.03. The first-order chi connectivity index (χ1) is 8.17. The molecule has 2 atom stereocenters. The summed E-state index contributed by atoms with van der Waals surface area (Å²) in [6.07, 6.45) is 3.54. The largest absolute Gasteiger partial charge is 0.383 e. The van der Waals surface area contributed by atoms with Crippen molar-refractivity contribution < 1.29 is 4.74 Å². The number of nitrogens with two attached hydrogens (primary N) is 1. The number of nitrogens with zero attached hydrogens (tertiary/aromatic N) is 2. The summed E-state index contributed by atoms with van der Waals surface area (Å²) in [4.78, 5) is 4.41. The van der Waals surface area contributed by atoms with Gasteiger partial charge >= 0.3 is 0 Å². The van der Waals surface area contributed by atoms with E-state index in [2.05, 4.69) is 25.9 Å². The van der Waals surface area contributed by atoms with Gasteiger partial charge in [-0.15, -0.1) is 0 Å². The molecule has 0 saturated carbocycles. The van der Waals surface area contributed by atoms with E-state index in [9.17, 15) is 0 Å². The topological polar surface area (TPSA) is 100 Å². The van der Waals surface area contributed by atoms with Crippen LogP contribution < -0.4 is 16.6 Å². The first-order valence-corrected chi connectivity index (χ1v) is 5.46. The number of guanidine groups is 1. The van der Waals surface area contributed by atoms with Gasteiger partial charge in [0.25, 0.3) is 0 Å². The average Bonchev–Trinajstić information content (AvgIpc) is 2.81. The van der Waals surface area contributed by atoms with Crippen LogP contribution in [0.25, 0.3) is 0 Å². The van der Waals surface area contributed by atoms with Gasteiger partial charge in [0.15, 0.2) is 0 Å². The van der Waals surface area contributed by atoms with Crippen LogP contribution in [0.3, 0.4) is 0 Å². The fraction of sp³-hybridized carbons (Fsp3) is 0.600. The molecule has 0 aliphatic carbocycles. The third kappa shape index (κ3) is 4.41. The second kappa shape index (κ2) is 6.87. The highest BCUT2D eigenvalue weighted by molar-refractivity contribution is 5.79. The zero-order valence-electron chi connectivity index (χ0n) is 10.4. The molecule has 1 heterocycles. The normalized spacial score (nSPS) is 15.4. The first-order valence-electron chi connectivity index (χ1n) is 5.46. The van der Waals surface area contributed by atoms with Crippen molar-refractivity contribution in [3.63, 3.8) is 0 Å². The number of H-pyrrole nitrogens is 1. The summed E-state index contributed by atoms with van der Waals surface area (Å²) in [5, 5.41) is 9.75. The van der Waals surface area contributed by atoms with Gasteiger partial charge in [-0.2, -0.15) is 5.10 Å². The smallest absolute Gasteiger partial charge is 0.206 e. The summed E-state index contributed by atoms with van der Waals surface area (Å²) in [7, 11) is 1.65. The van der Waals surface area contributed by atoms with Crippen molar-refractivity contribution in [1.29, 1.82) is 0 Å². The molecule has 2 unspecified atom stereocenters. The third-order valence-corrected chi connectivity index (χ3v) is 2.26. The maximum absolute atomic E-state index is 5.41. The molecule has 0 amide bonds. The van der Waals surface area contributed by atoms with Crippen molar-refractivity contribution in [2.24, 2.45) is 10.8 Å². The number of ether oxygens (including phenoxy) is 1. The molecule has 7 heteroatoms. The highest BCUT2D eigenvalue weighted by atomic mass is 16.5. The molecular formula is C10H20N6O. The Bertz CT molecular complexity index is 337. The van der Waals surface area contributed by atoms with E-state index >= 15 is 0 Å². The predicted octanol–water partition coefficient (Wildman–Crippen LogP) is -0.0855. The van der Waals surface area contributed by atoms with Crippen LogP contribution in [0.15, 0.2) is 17.4 Å². The van der Waals surface area contributed by atoms with Gasteiger partial charge in [-0.3, -0.25) is 10.5 Å². The zero-order valence-corrected chi connectivity index (χ0v) is 10.4. The minimum atomic E-state index is -0.0259. The number of hydrazine groups is 1. The molecule has 0 radical (unpaired) electrons. The van der Waals surface area contributed by atoms with Crippen molar-refractivity contribution in [2.45, 2.75) is 25.9 Å². The Kier molecular flexibility index (Phi) is 5.44. The molecule has 5 N–H and O–H groups in total. The number of hydrogen-bond donors (Lipinski definition) is 4. The van der Waals surface area contributed by atoms with E-state index in [1.54, 1.807) is 19.5 Å². The molecule has 1 rings (SSSR count). The van der Waals surface area contributed by atoms with Crippen LogP contribution >= 0.6 is 0 Å². The molecule has 0 bridgehead atoms. The SMILES string of the molecule is COCC(C)NC(=NC(C)c1cn[nH]c1)NN. The number of methoxy groups -OCH3 is 1. The van der Waals surface area contributed by atoms with Gasteiger partial charge < -0.3 is 10.1 Å². The summed E-state index contributed by atoms with van der Waals surface area (Å²) in [5.74, 6) is 5.94. The molecule has 1 aromatic rings. The lowest BCUT2D eigenvalue weighted by atomic mass is 10.2.